The largest absolute Gasteiger partial charge is 0.497 e. The number of hydrogen-bond donors (Lipinski definition) is 1. The lowest BCUT2D eigenvalue weighted by atomic mass is 10.1. The SMILES string of the molecule is COc1ccc(C(N)CN2CCCC2C)cc1. The number of hydrogen-bond acceptors (Lipinski definition) is 3. The third kappa shape index (κ3) is 2.99. The van der Waals surface area contributed by atoms with Gasteiger partial charge in [-0.1, -0.05) is 12.1 Å². The summed E-state index contributed by atoms with van der Waals surface area (Å²) in [5.41, 5.74) is 7.43. The first-order valence-corrected chi connectivity index (χ1v) is 6.34. The van der Waals surface area contributed by atoms with Gasteiger partial charge in [-0.15, -0.1) is 0 Å². The number of nitrogens with two attached hydrogens (primary N) is 1. The van der Waals surface area contributed by atoms with Crippen LogP contribution in [0.5, 0.6) is 5.75 Å². The molecule has 3 heteroatoms. The fourth-order valence-corrected chi connectivity index (χ4v) is 2.47. The van der Waals surface area contributed by atoms with E-state index in [-0.39, 0.29) is 6.04 Å². The van der Waals surface area contributed by atoms with Crippen LogP contribution in [0.3, 0.4) is 0 Å². The summed E-state index contributed by atoms with van der Waals surface area (Å²) in [6.07, 6.45) is 2.60. The zero-order valence-corrected chi connectivity index (χ0v) is 10.7. The van der Waals surface area contributed by atoms with Gasteiger partial charge in [-0.3, -0.25) is 4.90 Å². The smallest absolute Gasteiger partial charge is 0.118 e. The molecule has 0 radical (unpaired) electrons. The first kappa shape index (κ1) is 12.4. The minimum atomic E-state index is 0.0986. The molecule has 1 saturated heterocycles. The summed E-state index contributed by atoms with van der Waals surface area (Å²) >= 11 is 0. The van der Waals surface area contributed by atoms with Crippen molar-refractivity contribution in [2.75, 3.05) is 20.2 Å². The van der Waals surface area contributed by atoms with E-state index >= 15 is 0 Å². The van der Waals surface area contributed by atoms with Crippen molar-refractivity contribution >= 4 is 0 Å². The van der Waals surface area contributed by atoms with Crippen molar-refractivity contribution in [2.24, 2.45) is 5.73 Å². The van der Waals surface area contributed by atoms with E-state index < -0.39 is 0 Å². The number of methoxy groups -OCH3 is 1. The molecule has 0 aromatic heterocycles. The molecule has 1 aliphatic heterocycles. The van der Waals surface area contributed by atoms with Gasteiger partial charge in [0.1, 0.15) is 5.75 Å². The van der Waals surface area contributed by atoms with E-state index in [9.17, 15) is 0 Å². The van der Waals surface area contributed by atoms with Gasteiger partial charge in [0.05, 0.1) is 7.11 Å². The maximum atomic E-state index is 6.25. The monoisotopic (exact) mass is 234 g/mol. The molecule has 2 unspecified atom stereocenters. The van der Waals surface area contributed by atoms with Crippen LogP contribution >= 0.6 is 0 Å². The molecule has 17 heavy (non-hydrogen) atoms. The second kappa shape index (κ2) is 5.52. The molecule has 1 heterocycles. The highest BCUT2D eigenvalue weighted by molar-refractivity contribution is 5.29. The Labute approximate surface area is 104 Å². The third-order valence-corrected chi connectivity index (χ3v) is 3.67. The quantitative estimate of drug-likeness (QED) is 0.868. The molecule has 0 amide bonds. The van der Waals surface area contributed by atoms with Gasteiger partial charge < -0.3 is 10.5 Å². The van der Waals surface area contributed by atoms with Crippen LogP contribution in [0, 0.1) is 0 Å². The second-order valence-electron chi connectivity index (χ2n) is 4.87. The molecule has 94 valence electrons. The maximum Gasteiger partial charge on any atom is 0.118 e. The van der Waals surface area contributed by atoms with E-state index in [1.165, 1.54) is 24.9 Å². The standard InChI is InChI=1S/C14H22N2O/c1-11-4-3-9-16(11)10-14(15)12-5-7-13(17-2)8-6-12/h5-8,11,14H,3-4,9-10,15H2,1-2H3. The number of benzene rings is 1. The average molecular weight is 234 g/mol. The Balaban J connectivity index is 1.96. The summed E-state index contributed by atoms with van der Waals surface area (Å²) in [6.45, 7) is 4.42. The zero-order chi connectivity index (χ0) is 12.3. The molecule has 1 aromatic carbocycles. The Hall–Kier alpha value is -1.06. The van der Waals surface area contributed by atoms with Gasteiger partial charge in [-0.05, 0) is 44.0 Å². The number of ether oxygens (including phenoxy) is 1. The molecule has 2 rings (SSSR count). The minimum absolute atomic E-state index is 0.0986. The van der Waals surface area contributed by atoms with Crippen LogP contribution in [0.15, 0.2) is 24.3 Å². The van der Waals surface area contributed by atoms with Crippen molar-refractivity contribution in [3.05, 3.63) is 29.8 Å². The van der Waals surface area contributed by atoms with E-state index in [2.05, 4.69) is 24.0 Å². The Kier molecular flexibility index (Phi) is 4.02. The van der Waals surface area contributed by atoms with E-state index in [0.29, 0.717) is 6.04 Å². The molecule has 1 aliphatic rings. The van der Waals surface area contributed by atoms with Crippen LogP contribution in [0.25, 0.3) is 0 Å². The van der Waals surface area contributed by atoms with Crippen LogP contribution in [0.2, 0.25) is 0 Å². The highest BCUT2D eigenvalue weighted by atomic mass is 16.5. The Morgan fingerprint density at radius 3 is 2.65 bits per heavy atom. The van der Waals surface area contributed by atoms with Gasteiger partial charge in [0.15, 0.2) is 0 Å². The molecule has 0 spiro atoms. The van der Waals surface area contributed by atoms with Gasteiger partial charge in [-0.25, -0.2) is 0 Å². The predicted octanol–water partition coefficient (Wildman–Crippen LogP) is 2.18. The maximum absolute atomic E-state index is 6.25. The van der Waals surface area contributed by atoms with Crippen molar-refractivity contribution in [3.8, 4) is 5.75 Å². The minimum Gasteiger partial charge on any atom is -0.497 e. The summed E-state index contributed by atoms with van der Waals surface area (Å²) in [6, 6.07) is 8.85. The van der Waals surface area contributed by atoms with E-state index in [1.54, 1.807) is 7.11 Å². The van der Waals surface area contributed by atoms with Gasteiger partial charge in [0.25, 0.3) is 0 Å². The Morgan fingerprint density at radius 1 is 1.41 bits per heavy atom. The van der Waals surface area contributed by atoms with Crippen LogP contribution in [-0.4, -0.2) is 31.1 Å². The number of likely N-dealkylation sites (tertiary alicyclic amines) is 1. The highest BCUT2D eigenvalue weighted by Gasteiger charge is 2.22. The molecular formula is C14H22N2O. The Morgan fingerprint density at radius 2 is 2.12 bits per heavy atom. The lowest BCUT2D eigenvalue weighted by Crippen LogP contribution is -2.34. The predicted molar refractivity (Wildman–Crippen MR) is 70.2 cm³/mol. The molecule has 3 nitrogen and oxygen atoms in total. The summed E-state index contributed by atoms with van der Waals surface area (Å²) in [7, 11) is 1.68. The van der Waals surface area contributed by atoms with Gasteiger partial charge >= 0.3 is 0 Å². The number of nitrogens with zero attached hydrogens (tertiary/aromatic N) is 1. The molecular weight excluding hydrogens is 212 g/mol. The summed E-state index contributed by atoms with van der Waals surface area (Å²) in [5, 5.41) is 0. The van der Waals surface area contributed by atoms with Gasteiger partial charge in [-0.2, -0.15) is 0 Å². The third-order valence-electron chi connectivity index (χ3n) is 3.67. The second-order valence-corrected chi connectivity index (χ2v) is 4.87. The molecule has 0 bridgehead atoms. The van der Waals surface area contributed by atoms with Crippen LogP contribution < -0.4 is 10.5 Å². The molecule has 0 aliphatic carbocycles. The van der Waals surface area contributed by atoms with Crippen molar-refractivity contribution in [3.63, 3.8) is 0 Å². The fourth-order valence-electron chi connectivity index (χ4n) is 2.47. The van der Waals surface area contributed by atoms with E-state index in [0.717, 1.165) is 12.3 Å². The molecule has 0 saturated carbocycles. The molecule has 1 aromatic rings. The van der Waals surface area contributed by atoms with Crippen molar-refractivity contribution in [1.29, 1.82) is 0 Å². The van der Waals surface area contributed by atoms with E-state index in [1.807, 2.05) is 12.1 Å². The topological polar surface area (TPSA) is 38.5 Å². The highest BCUT2D eigenvalue weighted by Crippen LogP contribution is 2.21. The van der Waals surface area contributed by atoms with Crippen LogP contribution in [0.1, 0.15) is 31.4 Å². The van der Waals surface area contributed by atoms with Crippen molar-refractivity contribution < 1.29 is 4.74 Å². The van der Waals surface area contributed by atoms with Crippen LogP contribution in [-0.2, 0) is 0 Å². The lowest BCUT2D eigenvalue weighted by molar-refractivity contribution is 0.252. The van der Waals surface area contributed by atoms with Gasteiger partial charge in [0, 0.05) is 18.6 Å². The summed E-state index contributed by atoms with van der Waals surface area (Å²) in [4.78, 5) is 2.48. The average Bonchev–Trinajstić information content (AvgIpc) is 2.75. The normalized spacial score (nSPS) is 22.6. The number of rotatable bonds is 4. The van der Waals surface area contributed by atoms with Crippen molar-refractivity contribution in [1.82, 2.24) is 4.90 Å². The van der Waals surface area contributed by atoms with Crippen molar-refractivity contribution in [2.45, 2.75) is 31.8 Å². The van der Waals surface area contributed by atoms with Crippen LogP contribution in [0.4, 0.5) is 0 Å². The molecule has 2 atom stereocenters. The first-order valence-electron chi connectivity index (χ1n) is 6.34. The fraction of sp³-hybridized carbons (Fsp3) is 0.571. The first-order chi connectivity index (χ1) is 8.20. The van der Waals surface area contributed by atoms with Gasteiger partial charge in [0.2, 0.25) is 0 Å². The Bertz CT molecular complexity index is 350. The molecule has 2 N–H and O–H groups in total. The summed E-state index contributed by atoms with van der Waals surface area (Å²) in [5.74, 6) is 0.885. The lowest BCUT2D eigenvalue weighted by Gasteiger charge is -2.25. The molecule has 1 fully saturated rings. The summed E-state index contributed by atoms with van der Waals surface area (Å²) < 4.78 is 5.15. The van der Waals surface area contributed by atoms with E-state index in [4.69, 9.17) is 10.5 Å². The zero-order valence-electron chi connectivity index (χ0n) is 10.7.